The fraction of sp³-hybridized carbons (Fsp3) is 0.350. The molecule has 0 radical (unpaired) electrons. The second-order valence-corrected chi connectivity index (χ2v) is 5.77. The molecule has 138 valence electrons. The van der Waals surface area contributed by atoms with Crippen LogP contribution in [0.2, 0.25) is 0 Å². The van der Waals surface area contributed by atoms with Crippen molar-refractivity contribution >= 4 is 11.8 Å². The third-order valence-electron chi connectivity index (χ3n) is 3.85. The standard InChI is InChI=1S/C20H24N2O4/c1-4-11-25-14-17-16(12-15-9-7-6-8-10-15)20(21-22(17)3)18(23)13-19(24)26-5-2/h4,6-10H,1,5,11-14H2,2-3H3. The number of hydrogen-bond donors (Lipinski definition) is 0. The van der Waals surface area contributed by atoms with Crippen LogP contribution in [0.5, 0.6) is 0 Å². The topological polar surface area (TPSA) is 70.4 Å². The Bertz CT molecular complexity index is 766. The van der Waals surface area contributed by atoms with Crippen LogP contribution in [0.1, 0.15) is 40.7 Å². The Morgan fingerprint density at radius 2 is 2.00 bits per heavy atom. The Morgan fingerprint density at radius 1 is 1.27 bits per heavy atom. The molecule has 1 heterocycles. The van der Waals surface area contributed by atoms with Gasteiger partial charge in [-0.25, -0.2) is 0 Å². The molecule has 26 heavy (non-hydrogen) atoms. The van der Waals surface area contributed by atoms with Gasteiger partial charge in [0.1, 0.15) is 12.1 Å². The van der Waals surface area contributed by atoms with Crippen LogP contribution in [0.15, 0.2) is 43.0 Å². The average molecular weight is 356 g/mol. The van der Waals surface area contributed by atoms with Crippen molar-refractivity contribution in [1.82, 2.24) is 9.78 Å². The van der Waals surface area contributed by atoms with E-state index in [-0.39, 0.29) is 18.8 Å². The number of rotatable bonds is 10. The molecule has 1 aromatic heterocycles. The number of carbonyl (C=O) groups is 2. The normalized spacial score (nSPS) is 10.5. The summed E-state index contributed by atoms with van der Waals surface area (Å²) in [5.41, 5.74) is 2.93. The molecule has 0 aliphatic rings. The van der Waals surface area contributed by atoms with Crippen molar-refractivity contribution in [2.75, 3.05) is 13.2 Å². The van der Waals surface area contributed by atoms with E-state index in [0.29, 0.717) is 25.3 Å². The van der Waals surface area contributed by atoms with Crippen molar-refractivity contribution < 1.29 is 19.1 Å². The van der Waals surface area contributed by atoms with E-state index in [9.17, 15) is 9.59 Å². The van der Waals surface area contributed by atoms with Crippen LogP contribution >= 0.6 is 0 Å². The van der Waals surface area contributed by atoms with Crippen LogP contribution in [0, 0.1) is 0 Å². The van der Waals surface area contributed by atoms with Gasteiger partial charge in [-0.15, -0.1) is 6.58 Å². The fourth-order valence-electron chi connectivity index (χ4n) is 2.66. The number of aromatic nitrogens is 2. The van der Waals surface area contributed by atoms with Crippen molar-refractivity contribution in [2.24, 2.45) is 7.05 Å². The van der Waals surface area contributed by atoms with Crippen LogP contribution < -0.4 is 0 Å². The highest BCUT2D eigenvalue weighted by Crippen LogP contribution is 2.21. The minimum Gasteiger partial charge on any atom is -0.466 e. The number of aryl methyl sites for hydroxylation is 1. The minimum absolute atomic E-state index is 0.242. The smallest absolute Gasteiger partial charge is 0.313 e. The van der Waals surface area contributed by atoms with Crippen molar-refractivity contribution in [3.8, 4) is 0 Å². The number of hydrogen-bond acceptors (Lipinski definition) is 5. The summed E-state index contributed by atoms with van der Waals surface area (Å²) in [6, 6.07) is 9.80. The van der Waals surface area contributed by atoms with Gasteiger partial charge in [0.25, 0.3) is 0 Å². The molecule has 1 aromatic carbocycles. The van der Waals surface area contributed by atoms with Gasteiger partial charge in [-0.05, 0) is 12.5 Å². The summed E-state index contributed by atoms with van der Waals surface area (Å²) >= 11 is 0. The maximum Gasteiger partial charge on any atom is 0.313 e. The Balaban J connectivity index is 2.33. The predicted molar refractivity (Wildman–Crippen MR) is 97.9 cm³/mol. The Labute approximate surface area is 153 Å². The van der Waals surface area contributed by atoms with Gasteiger partial charge in [-0.3, -0.25) is 14.3 Å². The third-order valence-corrected chi connectivity index (χ3v) is 3.85. The molecule has 0 spiro atoms. The molecule has 0 bridgehead atoms. The molecule has 0 aliphatic carbocycles. The molecule has 0 amide bonds. The van der Waals surface area contributed by atoms with Gasteiger partial charge in [0, 0.05) is 19.0 Å². The molecular formula is C20H24N2O4. The molecule has 0 fully saturated rings. The maximum atomic E-state index is 12.6. The molecule has 0 atom stereocenters. The van der Waals surface area contributed by atoms with Crippen LogP contribution in [-0.2, 0) is 34.3 Å². The van der Waals surface area contributed by atoms with E-state index in [1.54, 1.807) is 24.7 Å². The molecular weight excluding hydrogens is 332 g/mol. The Morgan fingerprint density at radius 3 is 2.65 bits per heavy atom. The maximum absolute atomic E-state index is 12.6. The number of ketones is 1. The minimum atomic E-state index is -0.543. The van der Waals surface area contributed by atoms with Crippen molar-refractivity contribution in [2.45, 2.75) is 26.4 Å². The van der Waals surface area contributed by atoms with E-state index in [2.05, 4.69) is 11.7 Å². The highest BCUT2D eigenvalue weighted by atomic mass is 16.5. The number of benzene rings is 1. The first-order valence-electron chi connectivity index (χ1n) is 8.52. The first-order chi connectivity index (χ1) is 12.6. The highest BCUT2D eigenvalue weighted by molar-refractivity contribution is 6.05. The van der Waals surface area contributed by atoms with E-state index in [1.807, 2.05) is 30.3 Å². The lowest BCUT2D eigenvalue weighted by Gasteiger charge is -2.08. The summed E-state index contributed by atoms with van der Waals surface area (Å²) in [5, 5.41) is 4.35. The van der Waals surface area contributed by atoms with Gasteiger partial charge in [0.15, 0.2) is 5.78 Å². The number of nitrogens with zero attached hydrogens (tertiary/aromatic N) is 2. The number of ether oxygens (including phenoxy) is 2. The van der Waals surface area contributed by atoms with Crippen LogP contribution in [0.4, 0.5) is 0 Å². The monoisotopic (exact) mass is 356 g/mol. The van der Waals surface area contributed by atoms with Crippen molar-refractivity contribution in [3.05, 3.63) is 65.5 Å². The first-order valence-corrected chi connectivity index (χ1v) is 8.52. The summed E-state index contributed by atoms with van der Waals surface area (Å²) < 4.78 is 12.1. The molecule has 2 rings (SSSR count). The van der Waals surface area contributed by atoms with Crippen molar-refractivity contribution in [3.63, 3.8) is 0 Å². The van der Waals surface area contributed by atoms with Gasteiger partial charge in [-0.2, -0.15) is 5.10 Å². The fourth-order valence-corrected chi connectivity index (χ4v) is 2.66. The molecule has 2 aromatic rings. The summed E-state index contributed by atoms with van der Waals surface area (Å²) in [5.74, 6) is -0.891. The lowest BCUT2D eigenvalue weighted by Crippen LogP contribution is -2.13. The third kappa shape index (κ3) is 5.13. The Kier molecular flexibility index (Phi) is 7.29. The number of esters is 1. The zero-order chi connectivity index (χ0) is 18.9. The second-order valence-electron chi connectivity index (χ2n) is 5.77. The lowest BCUT2D eigenvalue weighted by molar-refractivity contribution is -0.141. The summed E-state index contributed by atoms with van der Waals surface area (Å²) in [4.78, 5) is 24.3. The van der Waals surface area contributed by atoms with Crippen LogP contribution in [0.25, 0.3) is 0 Å². The SMILES string of the molecule is C=CCOCc1c(Cc2ccccc2)c(C(=O)CC(=O)OCC)nn1C. The quantitative estimate of drug-likeness (QED) is 0.215. The molecule has 0 saturated carbocycles. The van der Waals surface area contributed by atoms with Gasteiger partial charge >= 0.3 is 5.97 Å². The molecule has 0 N–H and O–H groups in total. The van der Waals surface area contributed by atoms with Gasteiger partial charge < -0.3 is 9.47 Å². The molecule has 6 nitrogen and oxygen atoms in total. The van der Waals surface area contributed by atoms with Crippen LogP contribution in [0.3, 0.4) is 0 Å². The van der Waals surface area contributed by atoms with E-state index >= 15 is 0 Å². The predicted octanol–water partition coefficient (Wildman–Crippen LogP) is 2.85. The van der Waals surface area contributed by atoms with Gasteiger partial charge in [0.2, 0.25) is 0 Å². The summed E-state index contributed by atoms with van der Waals surface area (Å²) in [7, 11) is 1.77. The molecule has 0 aliphatic heterocycles. The largest absolute Gasteiger partial charge is 0.466 e. The number of Topliss-reactive ketones (excluding diaryl/α,β-unsaturated/α-hetero) is 1. The van der Waals surface area contributed by atoms with Crippen molar-refractivity contribution in [1.29, 1.82) is 0 Å². The zero-order valence-corrected chi connectivity index (χ0v) is 15.2. The highest BCUT2D eigenvalue weighted by Gasteiger charge is 2.24. The average Bonchev–Trinajstić information content (AvgIpc) is 2.92. The zero-order valence-electron chi connectivity index (χ0n) is 15.2. The van der Waals surface area contributed by atoms with Crippen LogP contribution in [-0.4, -0.2) is 34.7 Å². The lowest BCUT2D eigenvalue weighted by atomic mass is 10.00. The first kappa shape index (κ1) is 19.6. The van der Waals surface area contributed by atoms with Gasteiger partial charge in [-0.1, -0.05) is 36.4 Å². The van der Waals surface area contributed by atoms with Gasteiger partial charge in [0.05, 0.1) is 25.5 Å². The summed E-state index contributed by atoms with van der Waals surface area (Å²) in [6.07, 6.45) is 1.88. The molecule has 0 unspecified atom stereocenters. The molecule has 0 saturated heterocycles. The van der Waals surface area contributed by atoms with E-state index in [1.165, 1.54) is 0 Å². The number of carbonyl (C=O) groups excluding carboxylic acids is 2. The summed E-state index contributed by atoms with van der Waals surface area (Å²) in [6.45, 7) is 6.30. The van der Waals surface area contributed by atoms with E-state index in [0.717, 1.165) is 16.8 Å². The van der Waals surface area contributed by atoms with E-state index < -0.39 is 5.97 Å². The van der Waals surface area contributed by atoms with E-state index in [4.69, 9.17) is 9.47 Å². The Hall–Kier alpha value is -2.73. The molecule has 6 heteroatoms. The second kappa shape index (κ2) is 9.68.